The Morgan fingerprint density at radius 3 is 2.62 bits per heavy atom. The molecule has 114 valence electrons. The van der Waals surface area contributed by atoms with Crippen LogP contribution in [0.15, 0.2) is 28.7 Å². The number of aryl methyl sites for hydroxylation is 2. The van der Waals surface area contributed by atoms with Crippen molar-refractivity contribution in [2.45, 2.75) is 39.2 Å². The number of aromatic nitrogens is 2. The molecule has 2 aromatic rings. The van der Waals surface area contributed by atoms with E-state index in [2.05, 4.69) is 40.9 Å². The minimum atomic E-state index is 0.227. The van der Waals surface area contributed by atoms with Crippen molar-refractivity contribution in [3.63, 3.8) is 0 Å². The molecule has 3 nitrogen and oxygen atoms in total. The Morgan fingerprint density at radius 2 is 2.05 bits per heavy atom. The molecule has 5 heteroatoms. The second kappa shape index (κ2) is 7.43. The molecule has 2 rings (SSSR count). The minimum absolute atomic E-state index is 0.227. The summed E-state index contributed by atoms with van der Waals surface area (Å²) in [6.45, 7) is 5.56. The second-order valence-corrected chi connectivity index (χ2v) is 6.27. The molecular formula is C16H21BrClN3. The monoisotopic (exact) mass is 369 g/mol. The number of hydrogen-bond donors (Lipinski definition) is 1. The predicted molar refractivity (Wildman–Crippen MR) is 91.9 cm³/mol. The van der Waals surface area contributed by atoms with Crippen molar-refractivity contribution in [1.82, 2.24) is 9.78 Å². The van der Waals surface area contributed by atoms with Gasteiger partial charge < -0.3 is 5.73 Å². The molecule has 0 amide bonds. The van der Waals surface area contributed by atoms with Crippen LogP contribution in [0.1, 0.15) is 36.7 Å². The zero-order valence-electron chi connectivity index (χ0n) is 12.4. The maximum absolute atomic E-state index is 6.50. The van der Waals surface area contributed by atoms with Crippen LogP contribution in [0.3, 0.4) is 0 Å². The highest BCUT2D eigenvalue weighted by Crippen LogP contribution is 2.31. The van der Waals surface area contributed by atoms with Crippen LogP contribution in [-0.2, 0) is 19.4 Å². The highest BCUT2D eigenvalue weighted by molar-refractivity contribution is 9.10. The standard InChI is InChI=1S/C16H21BrClN3/c1-3-14-16(18)15(21(4-2)20-14)9-11(10-19)12-7-5-6-8-13(12)17/h5-8,11H,3-4,9-10,19H2,1-2H3. The smallest absolute Gasteiger partial charge is 0.0850 e. The molecule has 0 aliphatic carbocycles. The van der Waals surface area contributed by atoms with E-state index in [1.807, 2.05) is 22.9 Å². The third-order valence-electron chi connectivity index (χ3n) is 3.76. The average Bonchev–Trinajstić information content (AvgIpc) is 2.81. The van der Waals surface area contributed by atoms with Crippen LogP contribution < -0.4 is 5.73 Å². The molecule has 1 aromatic carbocycles. The lowest BCUT2D eigenvalue weighted by molar-refractivity contribution is 0.580. The quantitative estimate of drug-likeness (QED) is 0.829. The third kappa shape index (κ3) is 3.50. The Labute approximate surface area is 139 Å². The molecular weight excluding hydrogens is 350 g/mol. The van der Waals surface area contributed by atoms with Gasteiger partial charge in [-0.25, -0.2) is 0 Å². The van der Waals surface area contributed by atoms with Gasteiger partial charge in [-0.05, 0) is 37.9 Å². The van der Waals surface area contributed by atoms with Crippen LogP contribution >= 0.6 is 27.5 Å². The van der Waals surface area contributed by atoms with Crippen molar-refractivity contribution in [2.75, 3.05) is 6.54 Å². The largest absolute Gasteiger partial charge is 0.330 e. The van der Waals surface area contributed by atoms with Gasteiger partial charge in [-0.15, -0.1) is 0 Å². The van der Waals surface area contributed by atoms with Crippen LogP contribution in [0.25, 0.3) is 0 Å². The van der Waals surface area contributed by atoms with Gasteiger partial charge in [0.15, 0.2) is 0 Å². The van der Waals surface area contributed by atoms with Gasteiger partial charge in [0.2, 0.25) is 0 Å². The molecule has 0 saturated heterocycles. The fourth-order valence-electron chi connectivity index (χ4n) is 2.57. The molecule has 1 heterocycles. The first kappa shape index (κ1) is 16.5. The number of hydrogen-bond acceptors (Lipinski definition) is 2. The molecule has 0 saturated carbocycles. The van der Waals surface area contributed by atoms with Crippen molar-refractivity contribution in [3.8, 4) is 0 Å². The van der Waals surface area contributed by atoms with E-state index in [9.17, 15) is 0 Å². The van der Waals surface area contributed by atoms with Crippen molar-refractivity contribution < 1.29 is 0 Å². The summed E-state index contributed by atoms with van der Waals surface area (Å²) in [6, 6.07) is 8.22. The summed E-state index contributed by atoms with van der Waals surface area (Å²) >= 11 is 10.1. The van der Waals surface area contributed by atoms with Gasteiger partial charge in [-0.1, -0.05) is 52.7 Å². The molecule has 0 aliphatic rings. The lowest BCUT2D eigenvalue weighted by Gasteiger charge is -2.17. The van der Waals surface area contributed by atoms with Gasteiger partial charge in [0.25, 0.3) is 0 Å². The predicted octanol–water partition coefficient (Wildman–Crippen LogP) is 4.17. The number of nitrogens with zero attached hydrogens (tertiary/aromatic N) is 2. The van der Waals surface area contributed by atoms with E-state index in [1.54, 1.807) is 0 Å². The second-order valence-electron chi connectivity index (χ2n) is 5.03. The third-order valence-corrected chi connectivity index (χ3v) is 4.92. The Morgan fingerprint density at radius 1 is 1.33 bits per heavy atom. The van der Waals surface area contributed by atoms with Crippen LogP contribution in [-0.4, -0.2) is 16.3 Å². The van der Waals surface area contributed by atoms with E-state index < -0.39 is 0 Å². The first-order valence-corrected chi connectivity index (χ1v) is 8.47. The molecule has 0 aliphatic heterocycles. The molecule has 21 heavy (non-hydrogen) atoms. The van der Waals surface area contributed by atoms with Crippen molar-refractivity contribution in [1.29, 1.82) is 0 Å². The summed E-state index contributed by atoms with van der Waals surface area (Å²) < 4.78 is 3.09. The number of halogens is 2. The first-order chi connectivity index (χ1) is 10.1. The van der Waals surface area contributed by atoms with Gasteiger partial charge in [0, 0.05) is 16.9 Å². The molecule has 2 N–H and O–H groups in total. The van der Waals surface area contributed by atoms with Gasteiger partial charge in [0.1, 0.15) is 0 Å². The Kier molecular flexibility index (Phi) is 5.85. The zero-order chi connectivity index (χ0) is 15.4. The SMILES string of the molecule is CCc1nn(CC)c(CC(CN)c2ccccc2Br)c1Cl. The van der Waals surface area contributed by atoms with Crippen molar-refractivity contribution in [3.05, 3.63) is 50.7 Å². The van der Waals surface area contributed by atoms with Gasteiger partial charge in [0.05, 0.1) is 16.4 Å². The molecule has 0 fully saturated rings. The van der Waals surface area contributed by atoms with Gasteiger partial charge >= 0.3 is 0 Å². The van der Waals surface area contributed by atoms with Crippen molar-refractivity contribution in [2.24, 2.45) is 5.73 Å². The molecule has 0 bridgehead atoms. The first-order valence-electron chi connectivity index (χ1n) is 7.30. The topological polar surface area (TPSA) is 43.8 Å². The van der Waals surface area contributed by atoms with Gasteiger partial charge in [-0.2, -0.15) is 5.10 Å². The summed E-state index contributed by atoms with van der Waals surface area (Å²) in [5.74, 6) is 0.227. The summed E-state index contributed by atoms with van der Waals surface area (Å²) in [4.78, 5) is 0. The fourth-order valence-corrected chi connectivity index (χ4v) is 3.53. The Bertz CT molecular complexity index is 610. The van der Waals surface area contributed by atoms with Gasteiger partial charge in [-0.3, -0.25) is 4.68 Å². The maximum Gasteiger partial charge on any atom is 0.0850 e. The summed E-state index contributed by atoms with van der Waals surface area (Å²) in [5, 5.41) is 5.38. The molecule has 1 aromatic heterocycles. The van der Waals surface area contributed by atoms with Crippen LogP contribution in [0, 0.1) is 0 Å². The highest BCUT2D eigenvalue weighted by atomic mass is 79.9. The highest BCUT2D eigenvalue weighted by Gasteiger charge is 2.20. The van der Waals surface area contributed by atoms with E-state index in [-0.39, 0.29) is 5.92 Å². The average molecular weight is 371 g/mol. The normalized spacial score (nSPS) is 12.6. The zero-order valence-corrected chi connectivity index (χ0v) is 14.8. The van der Waals surface area contributed by atoms with E-state index in [4.69, 9.17) is 17.3 Å². The van der Waals surface area contributed by atoms with Crippen molar-refractivity contribution >= 4 is 27.5 Å². The van der Waals surface area contributed by atoms with Crippen LogP contribution in [0.2, 0.25) is 5.02 Å². The summed E-state index contributed by atoms with van der Waals surface area (Å²) in [7, 11) is 0. The lowest BCUT2D eigenvalue weighted by atomic mass is 9.94. The Hall–Kier alpha value is -0.840. The summed E-state index contributed by atoms with van der Waals surface area (Å²) in [6.07, 6.45) is 1.65. The van der Waals surface area contributed by atoms with Crippen LogP contribution in [0.4, 0.5) is 0 Å². The van der Waals surface area contributed by atoms with E-state index >= 15 is 0 Å². The van der Waals surface area contributed by atoms with E-state index in [0.29, 0.717) is 6.54 Å². The fraction of sp³-hybridized carbons (Fsp3) is 0.438. The van der Waals surface area contributed by atoms with E-state index in [1.165, 1.54) is 5.56 Å². The summed E-state index contributed by atoms with van der Waals surface area (Å²) in [5.41, 5.74) is 9.28. The van der Waals surface area contributed by atoms with Crippen LogP contribution in [0.5, 0.6) is 0 Å². The maximum atomic E-state index is 6.50. The van der Waals surface area contributed by atoms with E-state index in [0.717, 1.165) is 40.3 Å². The number of rotatable bonds is 6. The molecule has 1 unspecified atom stereocenters. The molecule has 0 spiro atoms. The molecule has 1 atom stereocenters. The Balaban J connectivity index is 2.35. The minimum Gasteiger partial charge on any atom is -0.330 e. The number of benzene rings is 1. The number of nitrogens with two attached hydrogens (primary N) is 1. The molecule has 0 radical (unpaired) electrons. The lowest BCUT2D eigenvalue weighted by Crippen LogP contribution is -2.17.